The molecule has 0 saturated carbocycles. The Balaban J connectivity index is 1.77. The number of likely N-dealkylation sites (tertiary alicyclic amines) is 1. The van der Waals surface area contributed by atoms with Gasteiger partial charge >= 0.3 is 12.2 Å². The first-order valence-corrected chi connectivity index (χ1v) is 8.97. The van der Waals surface area contributed by atoms with Gasteiger partial charge in [0.1, 0.15) is 12.2 Å². The van der Waals surface area contributed by atoms with Crippen LogP contribution >= 0.6 is 11.8 Å². The van der Waals surface area contributed by atoms with Crippen LogP contribution in [0.3, 0.4) is 0 Å². The Morgan fingerprint density at radius 3 is 2.52 bits per heavy atom. The molecule has 1 atom stereocenters. The SMILES string of the molecule is C=CCOC(=O)N1CCS[C@@H](C2CN(C(=O)OC(C)(C)C)C2)C1. The van der Waals surface area contributed by atoms with Gasteiger partial charge in [-0.25, -0.2) is 9.59 Å². The van der Waals surface area contributed by atoms with Crippen LogP contribution in [-0.4, -0.2) is 71.4 Å². The predicted molar refractivity (Wildman–Crippen MR) is 90.7 cm³/mol. The number of hydrogen-bond donors (Lipinski definition) is 0. The van der Waals surface area contributed by atoms with Crippen LogP contribution in [0.5, 0.6) is 0 Å². The molecule has 0 unspecified atom stereocenters. The summed E-state index contributed by atoms with van der Waals surface area (Å²) in [7, 11) is 0. The van der Waals surface area contributed by atoms with E-state index in [4.69, 9.17) is 9.47 Å². The lowest BCUT2D eigenvalue weighted by Gasteiger charge is -2.45. The van der Waals surface area contributed by atoms with Crippen LogP contribution in [0.25, 0.3) is 0 Å². The van der Waals surface area contributed by atoms with Crippen LogP contribution in [0, 0.1) is 5.92 Å². The average molecular weight is 342 g/mol. The highest BCUT2D eigenvalue weighted by atomic mass is 32.2. The highest BCUT2D eigenvalue weighted by molar-refractivity contribution is 8.00. The lowest BCUT2D eigenvalue weighted by molar-refractivity contribution is -0.00269. The summed E-state index contributed by atoms with van der Waals surface area (Å²) in [4.78, 5) is 27.4. The van der Waals surface area contributed by atoms with Gasteiger partial charge in [0.05, 0.1) is 0 Å². The van der Waals surface area contributed by atoms with Crippen molar-refractivity contribution in [2.24, 2.45) is 5.92 Å². The lowest BCUT2D eigenvalue weighted by Crippen LogP contribution is -2.58. The molecule has 2 aliphatic heterocycles. The highest BCUT2D eigenvalue weighted by Gasteiger charge is 2.40. The third-order valence-electron chi connectivity index (χ3n) is 3.76. The molecule has 2 saturated heterocycles. The number of thioether (sulfide) groups is 1. The van der Waals surface area contributed by atoms with E-state index in [2.05, 4.69) is 6.58 Å². The quantitative estimate of drug-likeness (QED) is 0.738. The van der Waals surface area contributed by atoms with Crippen molar-refractivity contribution in [2.45, 2.75) is 31.6 Å². The molecule has 0 aromatic carbocycles. The van der Waals surface area contributed by atoms with Crippen LogP contribution in [0.4, 0.5) is 9.59 Å². The molecule has 0 radical (unpaired) electrons. The van der Waals surface area contributed by atoms with Crippen LogP contribution < -0.4 is 0 Å². The molecule has 2 heterocycles. The van der Waals surface area contributed by atoms with E-state index in [1.54, 1.807) is 15.9 Å². The van der Waals surface area contributed by atoms with Crippen molar-refractivity contribution in [1.82, 2.24) is 9.80 Å². The minimum Gasteiger partial charge on any atom is -0.445 e. The van der Waals surface area contributed by atoms with Gasteiger partial charge in [0, 0.05) is 43.1 Å². The summed E-state index contributed by atoms with van der Waals surface area (Å²) in [6, 6.07) is 0. The van der Waals surface area contributed by atoms with Crippen LogP contribution in [0.2, 0.25) is 0 Å². The molecule has 130 valence electrons. The maximum Gasteiger partial charge on any atom is 0.410 e. The minimum atomic E-state index is -0.465. The molecule has 0 spiro atoms. The third-order valence-corrected chi connectivity index (χ3v) is 5.14. The number of carbonyl (C=O) groups is 2. The third kappa shape index (κ3) is 5.06. The van der Waals surface area contributed by atoms with Gasteiger partial charge in [0.25, 0.3) is 0 Å². The van der Waals surface area contributed by atoms with E-state index in [0.717, 1.165) is 5.75 Å². The second-order valence-electron chi connectivity index (χ2n) is 6.87. The second-order valence-corrected chi connectivity index (χ2v) is 8.21. The fourth-order valence-corrected chi connectivity index (χ4v) is 3.93. The van der Waals surface area contributed by atoms with Crippen molar-refractivity contribution in [1.29, 1.82) is 0 Å². The fraction of sp³-hybridized carbons (Fsp3) is 0.750. The molecule has 2 rings (SSSR count). The summed E-state index contributed by atoms with van der Waals surface area (Å²) in [6.45, 7) is 12.2. The van der Waals surface area contributed by atoms with Gasteiger partial charge in [0.15, 0.2) is 0 Å². The van der Waals surface area contributed by atoms with Gasteiger partial charge in [-0.15, -0.1) is 0 Å². The molecule has 6 nitrogen and oxygen atoms in total. The van der Waals surface area contributed by atoms with Crippen molar-refractivity contribution in [3.8, 4) is 0 Å². The molecule has 0 aromatic heterocycles. The van der Waals surface area contributed by atoms with E-state index in [1.165, 1.54) is 0 Å². The van der Waals surface area contributed by atoms with Crippen molar-refractivity contribution >= 4 is 23.9 Å². The second kappa shape index (κ2) is 7.47. The summed E-state index contributed by atoms with van der Waals surface area (Å²) in [5.74, 6) is 1.30. The zero-order valence-corrected chi connectivity index (χ0v) is 14.9. The molecule has 0 bridgehead atoms. The van der Waals surface area contributed by atoms with Crippen molar-refractivity contribution < 1.29 is 19.1 Å². The number of hydrogen-bond acceptors (Lipinski definition) is 5. The molecule has 2 amide bonds. The van der Waals surface area contributed by atoms with Crippen LogP contribution in [-0.2, 0) is 9.47 Å². The summed E-state index contributed by atoms with van der Waals surface area (Å²) >= 11 is 1.87. The van der Waals surface area contributed by atoms with Crippen LogP contribution in [0.1, 0.15) is 20.8 Å². The highest BCUT2D eigenvalue weighted by Crippen LogP contribution is 2.32. The molecule has 2 fully saturated rings. The first kappa shape index (κ1) is 18.0. The zero-order chi connectivity index (χ0) is 17.0. The standard InChI is InChI=1S/C16H26N2O4S/c1-5-7-21-14(19)17-6-8-23-13(11-17)12-9-18(10-12)15(20)22-16(2,3)4/h5,12-13H,1,6-11H2,2-4H3/t13-/m1/s1. The molecule has 23 heavy (non-hydrogen) atoms. The lowest BCUT2D eigenvalue weighted by atomic mass is 9.96. The van der Waals surface area contributed by atoms with Crippen molar-refractivity contribution in [3.63, 3.8) is 0 Å². The maximum atomic E-state index is 12.0. The van der Waals surface area contributed by atoms with E-state index >= 15 is 0 Å². The number of rotatable bonds is 3. The van der Waals surface area contributed by atoms with Crippen molar-refractivity contribution in [2.75, 3.05) is 38.5 Å². The van der Waals surface area contributed by atoms with Gasteiger partial charge < -0.3 is 19.3 Å². The Morgan fingerprint density at radius 1 is 1.22 bits per heavy atom. The first-order chi connectivity index (χ1) is 10.8. The fourth-order valence-electron chi connectivity index (χ4n) is 2.57. The first-order valence-electron chi connectivity index (χ1n) is 7.92. The summed E-state index contributed by atoms with van der Waals surface area (Å²) in [5.41, 5.74) is -0.465. The minimum absolute atomic E-state index is 0.239. The Morgan fingerprint density at radius 2 is 1.91 bits per heavy atom. The van der Waals surface area contributed by atoms with E-state index in [9.17, 15) is 9.59 Å². The molecule has 0 aromatic rings. The molecule has 2 aliphatic rings. The largest absolute Gasteiger partial charge is 0.445 e. The number of ether oxygens (including phenoxy) is 2. The number of carbonyl (C=O) groups excluding carboxylic acids is 2. The van der Waals surface area contributed by atoms with Gasteiger partial charge in [-0.2, -0.15) is 11.8 Å². The molecular weight excluding hydrogens is 316 g/mol. The smallest absolute Gasteiger partial charge is 0.410 e. The Hall–Kier alpha value is -1.37. The monoisotopic (exact) mass is 342 g/mol. The Bertz CT molecular complexity index is 457. The Labute approximate surface area is 142 Å². The summed E-state index contributed by atoms with van der Waals surface area (Å²) in [6.07, 6.45) is 1.04. The molecule has 0 aliphatic carbocycles. The van der Waals surface area contributed by atoms with E-state index in [0.29, 0.717) is 37.3 Å². The zero-order valence-electron chi connectivity index (χ0n) is 14.1. The Kier molecular flexibility index (Phi) is 5.84. The maximum absolute atomic E-state index is 12.0. The van der Waals surface area contributed by atoms with E-state index < -0.39 is 5.60 Å². The topological polar surface area (TPSA) is 59.1 Å². The van der Waals surface area contributed by atoms with E-state index in [-0.39, 0.29) is 18.8 Å². The van der Waals surface area contributed by atoms with E-state index in [1.807, 2.05) is 32.5 Å². The van der Waals surface area contributed by atoms with Gasteiger partial charge in [-0.05, 0) is 20.8 Å². The molecular formula is C16H26N2O4S. The molecule has 0 N–H and O–H groups in total. The summed E-state index contributed by atoms with van der Waals surface area (Å²) < 4.78 is 10.5. The predicted octanol–water partition coefficient (Wildman–Crippen LogP) is 2.59. The van der Waals surface area contributed by atoms with Crippen molar-refractivity contribution in [3.05, 3.63) is 12.7 Å². The van der Waals surface area contributed by atoms with Gasteiger partial charge in [-0.1, -0.05) is 12.7 Å². The van der Waals surface area contributed by atoms with Gasteiger partial charge in [0.2, 0.25) is 0 Å². The number of nitrogens with zero attached hydrogens (tertiary/aromatic N) is 2. The normalized spacial score (nSPS) is 22.3. The van der Waals surface area contributed by atoms with Crippen LogP contribution in [0.15, 0.2) is 12.7 Å². The summed E-state index contributed by atoms with van der Waals surface area (Å²) in [5, 5.41) is 0.346. The van der Waals surface area contributed by atoms with Gasteiger partial charge in [-0.3, -0.25) is 0 Å². The average Bonchev–Trinajstić information content (AvgIpc) is 2.41. The number of amides is 2. The molecule has 7 heteroatoms.